The topological polar surface area (TPSA) is 21.3 Å². The second-order valence-corrected chi connectivity index (χ2v) is 6.13. The molecule has 21 heavy (non-hydrogen) atoms. The number of hydrogen-bond acceptors (Lipinski definition) is 2. The summed E-state index contributed by atoms with van der Waals surface area (Å²) in [5, 5.41) is 3.32. The zero-order valence-corrected chi connectivity index (χ0v) is 12.0. The van der Waals surface area contributed by atoms with Gasteiger partial charge in [-0.15, -0.1) is 0 Å². The molecule has 2 aromatic carbocycles. The molecule has 4 rings (SSSR count). The van der Waals surface area contributed by atoms with Gasteiger partial charge in [0.25, 0.3) is 0 Å². The first-order valence-corrected chi connectivity index (χ1v) is 7.42. The van der Waals surface area contributed by atoms with E-state index in [9.17, 15) is 4.39 Å². The van der Waals surface area contributed by atoms with Crippen molar-refractivity contribution >= 4 is 0 Å². The van der Waals surface area contributed by atoms with Crippen LogP contribution in [0.1, 0.15) is 29.2 Å². The van der Waals surface area contributed by atoms with Gasteiger partial charge in [-0.25, -0.2) is 4.39 Å². The molecule has 1 N–H and O–H groups in total. The molecule has 1 aliphatic heterocycles. The van der Waals surface area contributed by atoms with E-state index in [0.29, 0.717) is 0 Å². The third-order valence-electron chi connectivity index (χ3n) is 4.74. The number of nitrogens with one attached hydrogen (secondary N) is 1. The molecule has 1 unspecified atom stereocenters. The third-order valence-corrected chi connectivity index (χ3v) is 4.74. The van der Waals surface area contributed by atoms with Crippen LogP contribution in [0.15, 0.2) is 42.5 Å². The maximum Gasteiger partial charge on any atom is 0.125 e. The van der Waals surface area contributed by atoms with Crippen LogP contribution < -0.4 is 10.1 Å². The highest BCUT2D eigenvalue weighted by atomic mass is 19.1. The second kappa shape index (κ2) is 4.57. The summed E-state index contributed by atoms with van der Waals surface area (Å²) in [6.07, 6.45) is 2.73. The fourth-order valence-electron chi connectivity index (χ4n) is 3.77. The van der Waals surface area contributed by atoms with Gasteiger partial charge in [0, 0.05) is 30.9 Å². The van der Waals surface area contributed by atoms with Crippen molar-refractivity contribution in [3.05, 3.63) is 65.0 Å². The number of hydrogen-bond donors (Lipinski definition) is 1. The van der Waals surface area contributed by atoms with Crippen LogP contribution in [0.25, 0.3) is 0 Å². The molecule has 2 nitrogen and oxygen atoms in total. The average Bonchev–Trinajstić information content (AvgIpc) is 2.84. The van der Waals surface area contributed by atoms with Gasteiger partial charge < -0.3 is 10.1 Å². The Kier molecular flexibility index (Phi) is 2.79. The maximum atomic E-state index is 13.5. The molecule has 1 heterocycles. The van der Waals surface area contributed by atoms with Gasteiger partial charge in [0.2, 0.25) is 0 Å². The molecule has 108 valence electrons. The molecular formula is C18H18FNO. The Morgan fingerprint density at radius 3 is 2.52 bits per heavy atom. The zero-order valence-electron chi connectivity index (χ0n) is 12.0. The number of rotatable bonds is 1. The van der Waals surface area contributed by atoms with Crippen LogP contribution >= 0.6 is 0 Å². The van der Waals surface area contributed by atoms with Gasteiger partial charge in [-0.05, 0) is 36.4 Å². The van der Waals surface area contributed by atoms with Crippen molar-refractivity contribution < 1.29 is 9.13 Å². The number of halogens is 1. The predicted molar refractivity (Wildman–Crippen MR) is 80.0 cm³/mol. The molecule has 1 aliphatic carbocycles. The first kappa shape index (κ1) is 12.8. The Morgan fingerprint density at radius 1 is 1.14 bits per heavy atom. The summed E-state index contributed by atoms with van der Waals surface area (Å²) in [5.41, 5.74) is 3.48. The Hall–Kier alpha value is -1.87. The van der Waals surface area contributed by atoms with E-state index in [1.54, 1.807) is 12.1 Å². The van der Waals surface area contributed by atoms with Gasteiger partial charge in [0.1, 0.15) is 17.2 Å². The van der Waals surface area contributed by atoms with Crippen molar-refractivity contribution in [1.29, 1.82) is 0 Å². The lowest BCUT2D eigenvalue weighted by atomic mass is 9.85. The van der Waals surface area contributed by atoms with Crippen LogP contribution in [-0.2, 0) is 12.8 Å². The van der Waals surface area contributed by atoms with Gasteiger partial charge >= 0.3 is 0 Å². The number of fused-ring (bicyclic) bond motifs is 2. The average molecular weight is 283 g/mol. The lowest BCUT2D eigenvalue weighted by Gasteiger charge is -2.40. The molecule has 0 aromatic heterocycles. The molecular weight excluding hydrogens is 265 g/mol. The lowest BCUT2D eigenvalue weighted by Crippen LogP contribution is -2.44. The highest BCUT2D eigenvalue weighted by Gasteiger charge is 2.44. The van der Waals surface area contributed by atoms with Gasteiger partial charge in [-0.3, -0.25) is 0 Å². The Morgan fingerprint density at radius 2 is 1.86 bits per heavy atom. The maximum absolute atomic E-state index is 13.5. The fourth-order valence-corrected chi connectivity index (χ4v) is 3.77. The molecule has 0 bridgehead atoms. The molecule has 3 heteroatoms. The lowest BCUT2D eigenvalue weighted by molar-refractivity contribution is 0.0410. The van der Waals surface area contributed by atoms with E-state index in [-0.39, 0.29) is 17.5 Å². The third kappa shape index (κ3) is 2.04. The van der Waals surface area contributed by atoms with Gasteiger partial charge in [-0.1, -0.05) is 24.3 Å². The minimum Gasteiger partial charge on any atom is -0.486 e. The minimum absolute atomic E-state index is 0.138. The standard InChI is InChI=1S/C18H18FNO/c1-20-16-11-18(9-12-4-2-3-5-13(12)10-18)21-17-7-6-14(19)8-15(16)17/h2-8,16,20H,9-11H2,1H3. The summed E-state index contributed by atoms with van der Waals surface area (Å²) in [6, 6.07) is 13.5. The smallest absolute Gasteiger partial charge is 0.125 e. The Labute approximate surface area is 123 Å². The summed E-state index contributed by atoms with van der Waals surface area (Å²) in [6.45, 7) is 0. The van der Waals surface area contributed by atoms with E-state index in [0.717, 1.165) is 30.6 Å². The molecule has 1 spiro atoms. The molecule has 2 aromatic rings. The van der Waals surface area contributed by atoms with Crippen molar-refractivity contribution in [2.45, 2.75) is 30.9 Å². The summed E-state index contributed by atoms with van der Waals surface area (Å²) >= 11 is 0. The molecule has 0 fully saturated rings. The van der Waals surface area contributed by atoms with Gasteiger partial charge in [0.15, 0.2) is 0 Å². The summed E-state index contributed by atoms with van der Waals surface area (Å²) in [4.78, 5) is 0. The van der Waals surface area contributed by atoms with Crippen LogP contribution in [0.3, 0.4) is 0 Å². The zero-order chi connectivity index (χ0) is 14.4. The van der Waals surface area contributed by atoms with E-state index in [1.165, 1.54) is 17.2 Å². The molecule has 0 saturated carbocycles. The highest BCUT2D eigenvalue weighted by molar-refractivity contribution is 5.43. The van der Waals surface area contributed by atoms with Crippen LogP contribution in [0.5, 0.6) is 5.75 Å². The monoisotopic (exact) mass is 283 g/mol. The van der Waals surface area contributed by atoms with Gasteiger partial charge in [0.05, 0.1) is 0 Å². The molecule has 0 saturated heterocycles. The number of benzene rings is 2. The van der Waals surface area contributed by atoms with Crippen molar-refractivity contribution in [2.24, 2.45) is 0 Å². The highest BCUT2D eigenvalue weighted by Crippen LogP contribution is 2.46. The summed E-state index contributed by atoms with van der Waals surface area (Å²) in [7, 11) is 1.93. The van der Waals surface area contributed by atoms with E-state index in [1.807, 2.05) is 7.05 Å². The van der Waals surface area contributed by atoms with Crippen LogP contribution in [0.2, 0.25) is 0 Å². The molecule has 1 atom stereocenters. The second-order valence-electron chi connectivity index (χ2n) is 6.13. The predicted octanol–water partition coefficient (Wildman–Crippen LogP) is 3.41. The molecule has 0 radical (unpaired) electrons. The first-order chi connectivity index (χ1) is 10.2. The van der Waals surface area contributed by atoms with E-state index in [2.05, 4.69) is 29.6 Å². The number of ether oxygens (including phenoxy) is 1. The first-order valence-electron chi connectivity index (χ1n) is 7.42. The summed E-state index contributed by atoms with van der Waals surface area (Å²) in [5.74, 6) is 0.609. The van der Waals surface area contributed by atoms with Crippen molar-refractivity contribution in [2.75, 3.05) is 7.05 Å². The van der Waals surface area contributed by atoms with Crippen LogP contribution in [-0.4, -0.2) is 12.6 Å². The molecule has 0 amide bonds. The van der Waals surface area contributed by atoms with E-state index >= 15 is 0 Å². The van der Waals surface area contributed by atoms with Gasteiger partial charge in [-0.2, -0.15) is 0 Å². The Balaban J connectivity index is 1.73. The Bertz CT molecular complexity index is 672. The quantitative estimate of drug-likeness (QED) is 0.866. The summed E-state index contributed by atoms with van der Waals surface area (Å²) < 4.78 is 19.8. The minimum atomic E-state index is -0.205. The largest absolute Gasteiger partial charge is 0.486 e. The van der Waals surface area contributed by atoms with E-state index in [4.69, 9.17) is 4.74 Å². The van der Waals surface area contributed by atoms with Crippen molar-refractivity contribution in [3.8, 4) is 5.75 Å². The van der Waals surface area contributed by atoms with E-state index < -0.39 is 0 Å². The van der Waals surface area contributed by atoms with Crippen LogP contribution in [0.4, 0.5) is 4.39 Å². The van der Waals surface area contributed by atoms with Crippen molar-refractivity contribution in [3.63, 3.8) is 0 Å². The molecule has 2 aliphatic rings. The SMILES string of the molecule is CNC1CC2(Cc3ccccc3C2)Oc2ccc(F)cc21. The fraction of sp³-hybridized carbons (Fsp3) is 0.333. The normalized spacial score (nSPS) is 21.7. The van der Waals surface area contributed by atoms with Crippen molar-refractivity contribution in [1.82, 2.24) is 5.32 Å². The van der Waals surface area contributed by atoms with Crippen LogP contribution in [0, 0.1) is 5.82 Å².